The monoisotopic (exact) mass is 393 g/mol. The van der Waals surface area contributed by atoms with Crippen molar-refractivity contribution in [3.63, 3.8) is 0 Å². The lowest BCUT2D eigenvalue weighted by atomic mass is 9.93. The Morgan fingerprint density at radius 1 is 1.11 bits per heavy atom. The summed E-state index contributed by atoms with van der Waals surface area (Å²) in [5.74, 6) is 0.530. The van der Waals surface area contributed by atoms with Crippen LogP contribution >= 0.6 is 11.6 Å². The molecular weight excluding hydrogens is 377 g/mol. The van der Waals surface area contributed by atoms with Crippen LogP contribution in [-0.2, 0) is 5.72 Å². The fraction of sp³-hybridized carbons (Fsp3) is 0.182. The Morgan fingerprint density at radius 3 is 2.61 bits per heavy atom. The van der Waals surface area contributed by atoms with Crippen molar-refractivity contribution in [2.24, 2.45) is 5.10 Å². The summed E-state index contributed by atoms with van der Waals surface area (Å²) in [6, 6.07) is 15.9. The van der Waals surface area contributed by atoms with Crippen molar-refractivity contribution in [1.29, 1.82) is 0 Å². The van der Waals surface area contributed by atoms with E-state index in [2.05, 4.69) is 4.98 Å². The van der Waals surface area contributed by atoms with Crippen LogP contribution in [0.5, 0.6) is 5.75 Å². The van der Waals surface area contributed by atoms with Gasteiger partial charge in [0, 0.05) is 41.9 Å². The third kappa shape index (κ3) is 2.66. The van der Waals surface area contributed by atoms with E-state index in [1.165, 1.54) is 12.1 Å². The number of rotatable bonds is 2. The largest absolute Gasteiger partial charge is 0.462 e. The molecule has 28 heavy (non-hydrogen) atoms. The van der Waals surface area contributed by atoms with Gasteiger partial charge in [-0.2, -0.15) is 5.10 Å². The first kappa shape index (κ1) is 17.2. The predicted octanol–water partition coefficient (Wildman–Crippen LogP) is 5.29. The summed E-state index contributed by atoms with van der Waals surface area (Å²) in [6.45, 7) is 2.00. The van der Waals surface area contributed by atoms with Gasteiger partial charge in [0.15, 0.2) is 0 Å². The molecular formula is C22H17ClFN3O. The Bertz CT molecular complexity index is 1070. The number of halogens is 2. The number of nitrogens with zero attached hydrogens (tertiary/aromatic N) is 3. The number of hydrazone groups is 1. The molecule has 0 N–H and O–H groups in total. The molecule has 1 aromatic heterocycles. The molecule has 2 atom stereocenters. The van der Waals surface area contributed by atoms with Crippen LogP contribution in [0.4, 0.5) is 4.39 Å². The van der Waals surface area contributed by atoms with Crippen LogP contribution in [0, 0.1) is 5.82 Å². The molecule has 0 unspecified atom stereocenters. The van der Waals surface area contributed by atoms with Gasteiger partial charge in [-0.15, -0.1) is 0 Å². The van der Waals surface area contributed by atoms with Crippen molar-refractivity contribution in [2.75, 3.05) is 0 Å². The van der Waals surface area contributed by atoms with Crippen LogP contribution in [0.25, 0.3) is 0 Å². The average molecular weight is 394 g/mol. The van der Waals surface area contributed by atoms with Crippen molar-refractivity contribution < 1.29 is 9.13 Å². The minimum absolute atomic E-state index is 0.0272. The van der Waals surface area contributed by atoms with E-state index in [-0.39, 0.29) is 11.9 Å². The van der Waals surface area contributed by atoms with E-state index in [1.807, 2.05) is 42.3 Å². The van der Waals surface area contributed by atoms with Crippen molar-refractivity contribution in [3.8, 4) is 5.75 Å². The quantitative estimate of drug-likeness (QED) is 0.593. The molecule has 0 spiro atoms. The summed E-state index contributed by atoms with van der Waals surface area (Å²) in [6.07, 6.45) is 4.18. The lowest BCUT2D eigenvalue weighted by Crippen LogP contribution is -2.48. The summed E-state index contributed by atoms with van der Waals surface area (Å²) >= 11 is 6.26. The van der Waals surface area contributed by atoms with Gasteiger partial charge in [0.25, 0.3) is 0 Å². The fourth-order valence-corrected chi connectivity index (χ4v) is 4.13. The Labute approximate surface area is 167 Å². The zero-order chi connectivity index (χ0) is 19.3. The standard InChI is InChI=1S/C22H17ClFN3O/c1-22(15-8-10-25-11-9-15)27-20(18-12-16(23)4-7-21(18)28-22)13-19(26-27)14-2-5-17(24)6-3-14/h2-12,20H,13H2,1H3/t20-,22-/m0/s1. The minimum Gasteiger partial charge on any atom is -0.462 e. The third-order valence-electron chi connectivity index (χ3n) is 5.38. The Hall–Kier alpha value is -2.92. The van der Waals surface area contributed by atoms with E-state index in [4.69, 9.17) is 21.4 Å². The predicted molar refractivity (Wildman–Crippen MR) is 106 cm³/mol. The molecule has 4 nitrogen and oxygen atoms in total. The van der Waals surface area contributed by atoms with Gasteiger partial charge >= 0.3 is 0 Å². The zero-order valence-electron chi connectivity index (χ0n) is 15.1. The first-order chi connectivity index (χ1) is 13.5. The summed E-state index contributed by atoms with van der Waals surface area (Å²) in [5, 5.41) is 7.55. The Balaban J connectivity index is 1.65. The van der Waals surface area contributed by atoms with Gasteiger partial charge in [0.2, 0.25) is 5.72 Å². The maximum Gasteiger partial charge on any atom is 0.221 e. The highest BCUT2D eigenvalue weighted by molar-refractivity contribution is 6.30. The van der Waals surface area contributed by atoms with Gasteiger partial charge in [-0.25, -0.2) is 9.40 Å². The van der Waals surface area contributed by atoms with E-state index < -0.39 is 5.72 Å². The lowest BCUT2D eigenvalue weighted by Gasteiger charge is -2.46. The molecule has 6 heteroatoms. The topological polar surface area (TPSA) is 37.7 Å². The van der Waals surface area contributed by atoms with Crippen molar-refractivity contribution >= 4 is 17.3 Å². The van der Waals surface area contributed by atoms with Gasteiger partial charge in [-0.05, 0) is 48.0 Å². The molecule has 2 aromatic carbocycles. The van der Waals surface area contributed by atoms with Crippen molar-refractivity contribution in [3.05, 3.63) is 94.5 Å². The first-order valence-electron chi connectivity index (χ1n) is 9.06. The Morgan fingerprint density at radius 2 is 1.86 bits per heavy atom. The maximum atomic E-state index is 13.4. The molecule has 0 fully saturated rings. The van der Waals surface area contributed by atoms with E-state index in [9.17, 15) is 4.39 Å². The van der Waals surface area contributed by atoms with Crippen LogP contribution < -0.4 is 4.74 Å². The van der Waals surface area contributed by atoms with E-state index in [1.54, 1.807) is 24.5 Å². The van der Waals surface area contributed by atoms with Crippen LogP contribution in [-0.4, -0.2) is 15.7 Å². The summed E-state index contributed by atoms with van der Waals surface area (Å²) in [5.41, 5.74) is 2.95. The molecule has 2 aliphatic rings. The van der Waals surface area contributed by atoms with Crippen LogP contribution in [0.1, 0.15) is 36.1 Å². The third-order valence-corrected chi connectivity index (χ3v) is 5.62. The van der Waals surface area contributed by atoms with E-state index >= 15 is 0 Å². The highest BCUT2D eigenvalue weighted by Gasteiger charge is 2.48. The highest BCUT2D eigenvalue weighted by Crippen LogP contribution is 2.50. The zero-order valence-corrected chi connectivity index (χ0v) is 15.9. The summed E-state index contributed by atoms with van der Waals surface area (Å²) < 4.78 is 19.8. The lowest BCUT2D eigenvalue weighted by molar-refractivity contribution is -0.112. The van der Waals surface area contributed by atoms with Gasteiger partial charge in [0.05, 0.1) is 11.8 Å². The molecule has 0 amide bonds. The van der Waals surface area contributed by atoms with Gasteiger partial charge < -0.3 is 4.74 Å². The average Bonchev–Trinajstić information content (AvgIpc) is 3.17. The van der Waals surface area contributed by atoms with Crippen molar-refractivity contribution in [2.45, 2.75) is 25.1 Å². The number of pyridine rings is 1. The fourth-order valence-electron chi connectivity index (χ4n) is 3.95. The molecule has 0 bridgehead atoms. The molecule has 0 saturated heterocycles. The smallest absolute Gasteiger partial charge is 0.221 e. The molecule has 0 saturated carbocycles. The van der Waals surface area contributed by atoms with Gasteiger partial charge in [-0.3, -0.25) is 4.98 Å². The molecule has 3 heterocycles. The number of fused-ring (bicyclic) bond motifs is 3. The second-order valence-corrected chi connectivity index (χ2v) is 7.56. The van der Waals surface area contributed by atoms with Crippen molar-refractivity contribution in [1.82, 2.24) is 9.99 Å². The molecule has 0 aliphatic carbocycles. The second-order valence-electron chi connectivity index (χ2n) is 7.12. The minimum atomic E-state index is -0.795. The first-order valence-corrected chi connectivity index (χ1v) is 9.44. The SMILES string of the molecule is C[C@@]1(c2ccncc2)Oc2ccc(Cl)cc2[C@@H]2CC(c3ccc(F)cc3)=NN21. The van der Waals surface area contributed by atoms with E-state index in [0.717, 1.165) is 28.2 Å². The molecule has 0 radical (unpaired) electrons. The van der Waals surface area contributed by atoms with Gasteiger partial charge in [0.1, 0.15) is 11.6 Å². The number of benzene rings is 2. The maximum absolute atomic E-state index is 13.4. The number of aromatic nitrogens is 1. The normalized spacial score (nSPS) is 22.9. The Kier molecular flexibility index (Phi) is 3.88. The number of hydrogen-bond donors (Lipinski definition) is 0. The highest BCUT2D eigenvalue weighted by atomic mass is 35.5. The summed E-state index contributed by atoms with van der Waals surface area (Å²) in [7, 11) is 0. The molecule has 140 valence electrons. The van der Waals surface area contributed by atoms with Crippen LogP contribution in [0.3, 0.4) is 0 Å². The number of ether oxygens (including phenoxy) is 1. The van der Waals surface area contributed by atoms with Gasteiger partial charge in [-0.1, -0.05) is 23.7 Å². The van der Waals surface area contributed by atoms with Crippen LogP contribution in [0.2, 0.25) is 5.02 Å². The van der Waals surface area contributed by atoms with Crippen LogP contribution in [0.15, 0.2) is 72.1 Å². The van der Waals surface area contributed by atoms with E-state index in [0.29, 0.717) is 11.4 Å². The molecule has 3 aromatic rings. The molecule has 2 aliphatic heterocycles. The summed E-state index contributed by atoms with van der Waals surface area (Å²) in [4.78, 5) is 4.12. The number of hydrogen-bond acceptors (Lipinski definition) is 4. The second kappa shape index (κ2) is 6.31. The molecule has 5 rings (SSSR count).